The molecule has 1 aromatic carbocycles. The SMILES string of the molecule is CC(=O)N1CCN(C(=O)C(C)(C)c2ccc(C)cc2)CC1. The number of benzene rings is 1. The van der Waals surface area contributed by atoms with Crippen molar-refractivity contribution < 1.29 is 9.59 Å². The van der Waals surface area contributed by atoms with Crippen molar-refractivity contribution in [3.05, 3.63) is 35.4 Å². The van der Waals surface area contributed by atoms with E-state index >= 15 is 0 Å². The normalized spacial score (nSPS) is 16.0. The van der Waals surface area contributed by atoms with Crippen molar-refractivity contribution in [3.8, 4) is 0 Å². The molecule has 1 aromatic rings. The average molecular weight is 288 g/mol. The maximum absolute atomic E-state index is 12.8. The monoisotopic (exact) mass is 288 g/mol. The lowest BCUT2D eigenvalue weighted by molar-refractivity contribution is -0.141. The zero-order valence-electron chi connectivity index (χ0n) is 13.3. The number of carbonyl (C=O) groups excluding carboxylic acids is 2. The van der Waals surface area contributed by atoms with E-state index in [1.54, 1.807) is 11.8 Å². The van der Waals surface area contributed by atoms with Gasteiger partial charge in [-0.3, -0.25) is 9.59 Å². The van der Waals surface area contributed by atoms with Crippen LogP contribution in [-0.4, -0.2) is 47.8 Å². The molecule has 0 radical (unpaired) electrons. The van der Waals surface area contributed by atoms with Crippen LogP contribution in [-0.2, 0) is 15.0 Å². The molecule has 2 amide bonds. The molecule has 0 bridgehead atoms. The molecular weight excluding hydrogens is 264 g/mol. The lowest BCUT2D eigenvalue weighted by atomic mass is 9.82. The van der Waals surface area contributed by atoms with E-state index in [4.69, 9.17) is 0 Å². The van der Waals surface area contributed by atoms with Gasteiger partial charge in [-0.05, 0) is 26.3 Å². The fourth-order valence-corrected chi connectivity index (χ4v) is 2.71. The van der Waals surface area contributed by atoms with Gasteiger partial charge in [-0.25, -0.2) is 0 Å². The van der Waals surface area contributed by atoms with Crippen LogP contribution in [0, 0.1) is 6.92 Å². The first-order valence-corrected chi connectivity index (χ1v) is 7.44. The summed E-state index contributed by atoms with van der Waals surface area (Å²) in [5, 5.41) is 0. The molecule has 0 aromatic heterocycles. The van der Waals surface area contributed by atoms with Crippen LogP contribution in [0.25, 0.3) is 0 Å². The highest BCUT2D eigenvalue weighted by atomic mass is 16.2. The highest BCUT2D eigenvalue weighted by molar-refractivity contribution is 5.87. The van der Waals surface area contributed by atoms with Gasteiger partial charge in [0.25, 0.3) is 0 Å². The zero-order chi connectivity index (χ0) is 15.6. The standard InChI is InChI=1S/C17H24N2O2/c1-13-5-7-15(8-6-13)17(3,4)16(21)19-11-9-18(10-12-19)14(2)20/h5-8H,9-12H2,1-4H3. The van der Waals surface area contributed by atoms with E-state index in [0.29, 0.717) is 26.2 Å². The van der Waals surface area contributed by atoms with E-state index < -0.39 is 5.41 Å². The van der Waals surface area contributed by atoms with Crippen molar-refractivity contribution in [2.75, 3.05) is 26.2 Å². The van der Waals surface area contributed by atoms with E-state index in [-0.39, 0.29) is 11.8 Å². The third-order valence-corrected chi connectivity index (χ3v) is 4.32. The van der Waals surface area contributed by atoms with Gasteiger partial charge < -0.3 is 9.80 Å². The van der Waals surface area contributed by atoms with Crippen LogP contribution in [0.15, 0.2) is 24.3 Å². The minimum Gasteiger partial charge on any atom is -0.339 e. The van der Waals surface area contributed by atoms with Gasteiger partial charge in [0, 0.05) is 33.1 Å². The second-order valence-electron chi connectivity index (χ2n) is 6.29. The quantitative estimate of drug-likeness (QED) is 0.835. The van der Waals surface area contributed by atoms with Crippen LogP contribution in [0.4, 0.5) is 0 Å². The fraction of sp³-hybridized carbons (Fsp3) is 0.529. The highest BCUT2D eigenvalue weighted by Gasteiger charge is 2.35. The van der Waals surface area contributed by atoms with E-state index in [2.05, 4.69) is 0 Å². The maximum atomic E-state index is 12.8. The Labute approximate surface area is 126 Å². The Morgan fingerprint density at radius 3 is 1.90 bits per heavy atom. The molecule has 1 fully saturated rings. The second-order valence-corrected chi connectivity index (χ2v) is 6.29. The first kappa shape index (κ1) is 15.5. The fourth-order valence-electron chi connectivity index (χ4n) is 2.71. The van der Waals surface area contributed by atoms with Crippen LogP contribution < -0.4 is 0 Å². The second kappa shape index (κ2) is 5.88. The summed E-state index contributed by atoms with van der Waals surface area (Å²) in [5.41, 5.74) is 1.69. The zero-order valence-corrected chi connectivity index (χ0v) is 13.3. The number of piperazine rings is 1. The summed E-state index contributed by atoms with van der Waals surface area (Å²) in [7, 11) is 0. The van der Waals surface area contributed by atoms with Crippen molar-refractivity contribution in [1.29, 1.82) is 0 Å². The van der Waals surface area contributed by atoms with Gasteiger partial charge in [-0.1, -0.05) is 29.8 Å². The molecule has 0 spiro atoms. The highest BCUT2D eigenvalue weighted by Crippen LogP contribution is 2.26. The van der Waals surface area contributed by atoms with Gasteiger partial charge in [0.1, 0.15) is 0 Å². The predicted molar refractivity (Wildman–Crippen MR) is 83.0 cm³/mol. The molecule has 0 atom stereocenters. The summed E-state index contributed by atoms with van der Waals surface area (Å²) in [5.74, 6) is 0.217. The van der Waals surface area contributed by atoms with Crippen molar-refractivity contribution in [3.63, 3.8) is 0 Å². The Bertz CT molecular complexity index is 526. The predicted octanol–water partition coefficient (Wildman–Crippen LogP) is 1.96. The Balaban J connectivity index is 2.09. The molecule has 4 nitrogen and oxygen atoms in total. The molecule has 1 aliphatic heterocycles. The van der Waals surface area contributed by atoms with Crippen LogP contribution in [0.3, 0.4) is 0 Å². The number of hydrogen-bond acceptors (Lipinski definition) is 2. The van der Waals surface area contributed by atoms with E-state index in [1.807, 2.05) is 49.9 Å². The Morgan fingerprint density at radius 1 is 0.952 bits per heavy atom. The van der Waals surface area contributed by atoms with E-state index in [1.165, 1.54) is 5.56 Å². The summed E-state index contributed by atoms with van der Waals surface area (Å²) in [6, 6.07) is 8.13. The van der Waals surface area contributed by atoms with Gasteiger partial charge in [0.2, 0.25) is 11.8 Å². The number of hydrogen-bond donors (Lipinski definition) is 0. The third kappa shape index (κ3) is 3.26. The molecular formula is C17H24N2O2. The van der Waals surface area contributed by atoms with Crippen LogP contribution in [0.1, 0.15) is 31.9 Å². The number of aryl methyl sites for hydroxylation is 1. The molecule has 0 saturated carbocycles. The van der Waals surface area contributed by atoms with E-state index in [9.17, 15) is 9.59 Å². The first-order chi connectivity index (χ1) is 9.82. The topological polar surface area (TPSA) is 40.6 Å². The molecule has 1 saturated heterocycles. The van der Waals surface area contributed by atoms with Crippen LogP contribution in [0.2, 0.25) is 0 Å². The summed E-state index contributed by atoms with van der Waals surface area (Å²) in [6.07, 6.45) is 0. The van der Waals surface area contributed by atoms with Gasteiger partial charge in [0.15, 0.2) is 0 Å². The third-order valence-electron chi connectivity index (χ3n) is 4.32. The Morgan fingerprint density at radius 2 is 1.43 bits per heavy atom. The van der Waals surface area contributed by atoms with Gasteiger partial charge in [0.05, 0.1) is 5.41 Å². The number of carbonyl (C=O) groups is 2. The van der Waals surface area contributed by atoms with E-state index in [0.717, 1.165) is 5.56 Å². The molecule has 1 heterocycles. The Hall–Kier alpha value is -1.84. The molecule has 4 heteroatoms. The van der Waals surface area contributed by atoms with Gasteiger partial charge in [-0.15, -0.1) is 0 Å². The smallest absolute Gasteiger partial charge is 0.232 e. The molecule has 0 aliphatic carbocycles. The number of rotatable bonds is 2. The largest absolute Gasteiger partial charge is 0.339 e. The minimum atomic E-state index is -0.536. The Kier molecular flexibility index (Phi) is 4.35. The summed E-state index contributed by atoms with van der Waals surface area (Å²) < 4.78 is 0. The summed E-state index contributed by atoms with van der Waals surface area (Å²) >= 11 is 0. The molecule has 2 rings (SSSR count). The van der Waals surface area contributed by atoms with Crippen LogP contribution in [0.5, 0.6) is 0 Å². The van der Waals surface area contributed by atoms with Gasteiger partial charge >= 0.3 is 0 Å². The molecule has 21 heavy (non-hydrogen) atoms. The van der Waals surface area contributed by atoms with Crippen molar-refractivity contribution in [2.24, 2.45) is 0 Å². The van der Waals surface area contributed by atoms with Crippen molar-refractivity contribution >= 4 is 11.8 Å². The summed E-state index contributed by atoms with van der Waals surface area (Å²) in [6.45, 7) is 10.1. The van der Waals surface area contributed by atoms with Crippen LogP contribution >= 0.6 is 0 Å². The van der Waals surface area contributed by atoms with Crippen molar-refractivity contribution in [2.45, 2.75) is 33.1 Å². The first-order valence-electron chi connectivity index (χ1n) is 7.44. The van der Waals surface area contributed by atoms with Crippen molar-refractivity contribution in [1.82, 2.24) is 9.80 Å². The lowest BCUT2D eigenvalue weighted by Crippen LogP contribution is -2.54. The molecule has 0 unspecified atom stereocenters. The van der Waals surface area contributed by atoms with Gasteiger partial charge in [-0.2, -0.15) is 0 Å². The molecule has 114 valence electrons. The minimum absolute atomic E-state index is 0.0832. The number of amides is 2. The average Bonchev–Trinajstić information content (AvgIpc) is 2.47. The summed E-state index contributed by atoms with van der Waals surface area (Å²) in [4.78, 5) is 27.8. The number of nitrogens with zero attached hydrogens (tertiary/aromatic N) is 2. The molecule has 0 N–H and O–H groups in total. The lowest BCUT2D eigenvalue weighted by Gasteiger charge is -2.38. The molecule has 1 aliphatic rings. The maximum Gasteiger partial charge on any atom is 0.232 e.